The third-order valence-electron chi connectivity index (χ3n) is 4.55. The van der Waals surface area contributed by atoms with Gasteiger partial charge in [0.15, 0.2) is 0 Å². The Morgan fingerprint density at radius 3 is 2.39 bits per heavy atom. The third kappa shape index (κ3) is 3.68. The van der Waals surface area contributed by atoms with E-state index in [-0.39, 0.29) is 5.91 Å². The molecular weight excluding hydrogens is 416 g/mol. The molecule has 1 N–H and O–H groups in total. The topological polar surface area (TPSA) is 59.8 Å². The van der Waals surface area contributed by atoms with Gasteiger partial charge in [-0.05, 0) is 69.9 Å². The third-order valence-corrected chi connectivity index (χ3v) is 5.24. The van der Waals surface area contributed by atoms with E-state index in [0.717, 1.165) is 21.2 Å². The quantitative estimate of drug-likeness (QED) is 0.457. The maximum absolute atomic E-state index is 12.5. The van der Waals surface area contributed by atoms with Crippen LogP contribution in [0.25, 0.3) is 16.7 Å². The van der Waals surface area contributed by atoms with Crippen molar-refractivity contribution in [2.75, 3.05) is 5.32 Å². The normalized spacial score (nSPS) is 11.1. The second-order valence-corrected chi connectivity index (χ2v) is 7.73. The molecule has 0 spiro atoms. The van der Waals surface area contributed by atoms with E-state index in [1.807, 2.05) is 48.5 Å². The largest absolute Gasteiger partial charge is 0.322 e. The number of carbonyl (C=O) groups is 1. The molecule has 1 aromatic heterocycles. The minimum atomic E-state index is -0.177. The van der Waals surface area contributed by atoms with E-state index in [2.05, 4.69) is 57.4 Å². The number of nitrogens with one attached hydrogen (secondary N) is 1. The molecule has 5 nitrogen and oxygen atoms in total. The first kappa shape index (κ1) is 18.4. The summed E-state index contributed by atoms with van der Waals surface area (Å²) >= 11 is 3.41. The van der Waals surface area contributed by atoms with Gasteiger partial charge < -0.3 is 5.32 Å². The zero-order chi connectivity index (χ0) is 19.7. The molecule has 0 atom stereocenters. The Morgan fingerprint density at radius 1 is 0.964 bits per heavy atom. The van der Waals surface area contributed by atoms with Crippen molar-refractivity contribution in [1.82, 2.24) is 15.0 Å². The fraction of sp³-hybridized carbons (Fsp3) is 0.136. The summed E-state index contributed by atoms with van der Waals surface area (Å²) in [6, 6.07) is 21.1. The second-order valence-electron chi connectivity index (χ2n) is 6.87. The highest BCUT2D eigenvalue weighted by Gasteiger charge is 2.11. The minimum Gasteiger partial charge on any atom is -0.322 e. The van der Waals surface area contributed by atoms with Crippen LogP contribution >= 0.6 is 15.9 Å². The molecule has 1 heterocycles. The number of halogens is 1. The summed E-state index contributed by atoms with van der Waals surface area (Å²) in [5, 5.41) is 12.0. The number of hydrogen-bond donors (Lipinski definition) is 1. The average molecular weight is 435 g/mol. The molecule has 4 aromatic rings. The van der Waals surface area contributed by atoms with E-state index in [9.17, 15) is 4.79 Å². The number of fused-ring (bicyclic) bond motifs is 1. The van der Waals surface area contributed by atoms with Crippen molar-refractivity contribution in [1.29, 1.82) is 0 Å². The smallest absolute Gasteiger partial charge is 0.256 e. The standard InChI is InChI=1S/C22H19BrN4O/c1-14(2)15-7-10-17(11-8-15)27-25-20-12-9-16(13-21(20)26-27)24-22(28)18-5-3-4-6-19(18)23/h3-14H,1-2H3,(H,24,28). The highest BCUT2D eigenvalue weighted by atomic mass is 79.9. The van der Waals surface area contributed by atoms with Gasteiger partial charge in [0.1, 0.15) is 11.0 Å². The molecule has 0 aliphatic heterocycles. The molecule has 0 fully saturated rings. The molecule has 1 amide bonds. The van der Waals surface area contributed by atoms with Gasteiger partial charge in [0.2, 0.25) is 0 Å². The van der Waals surface area contributed by atoms with Gasteiger partial charge in [0.05, 0.1) is 11.3 Å². The Hall–Kier alpha value is -2.99. The van der Waals surface area contributed by atoms with E-state index in [0.29, 0.717) is 17.2 Å². The Morgan fingerprint density at radius 2 is 1.68 bits per heavy atom. The highest BCUT2D eigenvalue weighted by molar-refractivity contribution is 9.10. The number of rotatable bonds is 4. The predicted octanol–water partition coefficient (Wildman–Crippen LogP) is 5.56. The van der Waals surface area contributed by atoms with E-state index in [1.54, 1.807) is 10.9 Å². The molecule has 0 bridgehead atoms. The van der Waals surface area contributed by atoms with Crippen LogP contribution in [-0.2, 0) is 0 Å². The van der Waals surface area contributed by atoms with Crippen LogP contribution in [0.15, 0.2) is 71.2 Å². The van der Waals surface area contributed by atoms with Crippen LogP contribution in [0.4, 0.5) is 5.69 Å². The highest BCUT2D eigenvalue weighted by Crippen LogP contribution is 2.21. The van der Waals surface area contributed by atoms with E-state index in [4.69, 9.17) is 0 Å². The van der Waals surface area contributed by atoms with Crippen LogP contribution < -0.4 is 5.32 Å². The number of anilines is 1. The zero-order valence-corrected chi connectivity index (χ0v) is 17.1. The molecule has 0 radical (unpaired) electrons. The SMILES string of the molecule is CC(C)c1ccc(-n2nc3ccc(NC(=O)c4ccccc4Br)cc3n2)cc1. The van der Waals surface area contributed by atoms with Gasteiger partial charge in [-0.25, -0.2) is 0 Å². The maximum Gasteiger partial charge on any atom is 0.256 e. The van der Waals surface area contributed by atoms with E-state index < -0.39 is 0 Å². The Labute approximate surface area is 171 Å². The summed E-state index contributed by atoms with van der Waals surface area (Å²) in [6.07, 6.45) is 0. The Kier molecular flexibility index (Phi) is 4.96. The fourth-order valence-corrected chi connectivity index (χ4v) is 3.41. The summed E-state index contributed by atoms with van der Waals surface area (Å²) in [5.41, 5.74) is 4.92. The van der Waals surface area contributed by atoms with E-state index >= 15 is 0 Å². The Bertz CT molecular complexity index is 1150. The molecule has 28 heavy (non-hydrogen) atoms. The number of carbonyl (C=O) groups excluding carboxylic acids is 1. The first-order valence-electron chi connectivity index (χ1n) is 9.04. The number of nitrogens with zero attached hydrogens (tertiary/aromatic N) is 3. The van der Waals surface area contributed by atoms with Crippen molar-refractivity contribution in [3.8, 4) is 5.69 Å². The van der Waals surface area contributed by atoms with Gasteiger partial charge in [0.25, 0.3) is 5.91 Å². The van der Waals surface area contributed by atoms with Crippen LogP contribution in [0.2, 0.25) is 0 Å². The fourth-order valence-electron chi connectivity index (χ4n) is 2.94. The zero-order valence-electron chi connectivity index (χ0n) is 15.6. The lowest BCUT2D eigenvalue weighted by Gasteiger charge is -2.06. The lowest BCUT2D eigenvalue weighted by molar-refractivity contribution is 0.102. The van der Waals surface area contributed by atoms with Gasteiger partial charge in [-0.15, -0.1) is 10.2 Å². The predicted molar refractivity (Wildman–Crippen MR) is 115 cm³/mol. The lowest BCUT2D eigenvalue weighted by Crippen LogP contribution is -2.12. The second kappa shape index (κ2) is 7.56. The van der Waals surface area contributed by atoms with Gasteiger partial charge >= 0.3 is 0 Å². The summed E-state index contributed by atoms with van der Waals surface area (Å²) in [5.74, 6) is 0.304. The van der Waals surface area contributed by atoms with Gasteiger partial charge in [0, 0.05) is 10.2 Å². The molecule has 0 unspecified atom stereocenters. The van der Waals surface area contributed by atoms with Gasteiger partial charge in [-0.2, -0.15) is 4.80 Å². The molecule has 3 aromatic carbocycles. The molecule has 0 saturated carbocycles. The van der Waals surface area contributed by atoms with Crippen molar-refractivity contribution in [3.63, 3.8) is 0 Å². The van der Waals surface area contributed by atoms with Crippen molar-refractivity contribution < 1.29 is 4.79 Å². The Balaban J connectivity index is 1.60. The molecule has 6 heteroatoms. The average Bonchev–Trinajstić information content (AvgIpc) is 3.11. The first-order valence-corrected chi connectivity index (χ1v) is 9.84. The molecule has 0 aliphatic carbocycles. The van der Waals surface area contributed by atoms with Crippen molar-refractivity contribution in [3.05, 3.63) is 82.3 Å². The molecule has 140 valence electrons. The number of hydrogen-bond acceptors (Lipinski definition) is 3. The lowest BCUT2D eigenvalue weighted by atomic mass is 10.0. The summed E-state index contributed by atoms with van der Waals surface area (Å²) < 4.78 is 0.754. The van der Waals surface area contributed by atoms with Crippen LogP contribution in [0.3, 0.4) is 0 Å². The van der Waals surface area contributed by atoms with E-state index in [1.165, 1.54) is 5.56 Å². The molecule has 0 aliphatic rings. The van der Waals surface area contributed by atoms with Crippen molar-refractivity contribution in [2.45, 2.75) is 19.8 Å². The minimum absolute atomic E-state index is 0.177. The van der Waals surface area contributed by atoms with Gasteiger partial charge in [-0.1, -0.05) is 38.1 Å². The summed E-state index contributed by atoms with van der Waals surface area (Å²) in [7, 11) is 0. The van der Waals surface area contributed by atoms with Crippen molar-refractivity contribution in [2.24, 2.45) is 0 Å². The first-order chi connectivity index (χ1) is 13.5. The van der Waals surface area contributed by atoms with Crippen LogP contribution in [-0.4, -0.2) is 20.9 Å². The summed E-state index contributed by atoms with van der Waals surface area (Å²) in [4.78, 5) is 14.1. The molecular formula is C22H19BrN4O. The number of benzene rings is 3. The molecule has 0 saturated heterocycles. The number of amides is 1. The van der Waals surface area contributed by atoms with Gasteiger partial charge in [-0.3, -0.25) is 4.79 Å². The van der Waals surface area contributed by atoms with Crippen molar-refractivity contribution >= 4 is 38.6 Å². The molecule has 4 rings (SSSR count). The number of aromatic nitrogens is 3. The summed E-state index contributed by atoms with van der Waals surface area (Å²) in [6.45, 7) is 4.33. The van der Waals surface area contributed by atoms with Crippen LogP contribution in [0.1, 0.15) is 35.7 Å². The van der Waals surface area contributed by atoms with Crippen LogP contribution in [0, 0.1) is 0 Å². The maximum atomic E-state index is 12.5. The van der Waals surface area contributed by atoms with Crippen LogP contribution in [0.5, 0.6) is 0 Å². The monoisotopic (exact) mass is 434 g/mol.